The number of hydrogen-bond donors (Lipinski definition) is 1. The third kappa shape index (κ3) is 2.69. The van der Waals surface area contributed by atoms with Gasteiger partial charge in [0.2, 0.25) is 0 Å². The van der Waals surface area contributed by atoms with Gasteiger partial charge in [0.15, 0.2) is 0 Å². The van der Waals surface area contributed by atoms with Crippen molar-refractivity contribution in [3.05, 3.63) is 29.8 Å². The molecule has 4 aliphatic rings. The van der Waals surface area contributed by atoms with Crippen LogP contribution in [0.25, 0.3) is 0 Å². The molecule has 0 aromatic heterocycles. The van der Waals surface area contributed by atoms with E-state index in [0.717, 1.165) is 29.7 Å². The molecule has 2 bridgehead atoms. The van der Waals surface area contributed by atoms with E-state index in [1.54, 1.807) is 7.11 Å². The van der Waals surface area contributed by atoms with Gasteiger partial charge in [-0.3, -0.25) is 0 Å². The van der Waals surface area contributed by atoms with Crippen molar-refractivity contribution in [3.8, 4) is 5.75 Å². The lowest BCUT2D eigenvalue weighted by atomic mass is 9.74. The maximum Gasteiger partial charge on any atom is 0.118 e. The van der Waals surface area contributed by atoms with Crippen molar-refractivity contribution in [2.75, 3.05) is 26.7 Å². The number of ether oxygens (including phenoxy) is 1. The predicted octanol–water partition coefficient (Wildman–Crippen LogP) is 2.63. The smallest absolute Gasteiger partial charge is 0.118 e. The lowest BCUT2D eigenvalue weighted by molar-refractivity contribution is 0.0584. The normalized spacial score (nSPS) is 38.0. The molecule has 3 heteroatoms. The quantitative estimate of drug-likeness (QED) is 0.921. The highest BCUT2D eigenvalue weighted by Gasteiger charge is 2.38. The molecule has 1 N–H and O–H groups in total. The monoisotopic (exact) mass is 286 g/mol. The Morgan fingerprint density at radius 2 is 1.81 bits per heavy atom. The van der Waals surface area contributed by atoms with E-state index in [1.165, 1.54) is 50.9 Å². The van der Waals surface area contributed by atoms with Crippen LogP contribution in [0.5, 0.6) is 5.75 Å². The Labute approximate surface area is 127 Å². The van der Waals surface area contributed by atoms with E-state index in [4.69, 9.17) is 4.74 Å². The number of piperidine rings is 3. The third-order valence-electron chi connectivity index (χ3n) is 5.83. The van der Waals surface area contributed by atoms with Crippen LogP contribution in [0.1, 0.15) is 37.2 Å². The molecule has 3 aliphatic heterocycles. The molecule has 1 aromatic rings. The molecule has 1 unspecified atom stereocenters. The van der Waals surface area contributed by atoms with E-state index in [1.807, 2.05) is 0 Å². The van der Waals surface area contributed by atoms with Gasteiger partial charge in [0, 0.05) is 18.6 Å². The molecule has 114 valence electrons. The second-order valence-corrected chi connectivity index (χ2v) is 7.05. The summed E-state index contributed by atoms with van der Waals surface area (Å²) >= 11 is 0. The summed E-state index contributed by atoms with van der Waals surface area (Å²) in [5.41, 5.74) is 1.47. The molecule has 1 atom stereocenters. The van der Waals surface area contributed by atoms with Gasteiger partial charge in [-0.15, -0.1) is 0 Å². The van der Waals surface area contributed by atoms with E-state index in [9.17, 15) is 0 Å². The van der Waals surface area contributed by atoms with Crippen molar-refractivity contribution in [1.29, 1.82) is 0 Å². The van der Waals surface area contributed by atoms with Gasteiger partial charge in [0.05, 0.1) is 7.11 Å². The maximum atomic E-state index is 5.23. The first-order chi connectivity index (χ1) is 10.3. The molecule has 21 heavy (non-hydrogen) atoms. The van der Waals surface area contributed by atoms with E-state index < -0.39 is 0 Å². The van der Waals surface area contributed by atoms with Gasteiger partial charge in [-0.2, -0.15) is 0 Å². The first-order valence-electron chi connectivity index (χ1n) is 8.44. The Balaban J connectivity index is 1.29. The molecule has 3 heterocycles. The van der Waals surface area contributed by atoms with Crippen LogP contribution in [0.15, 0.2) is 24.3 Å². The zero-order valence-electron chi connectivity index (χ0n) is 12.9. The molecule has 3 saturated heterocycles. The number of benzene rings is 1. The molecule has 5 rings (SSSR count). The second-order valence-electron chi connectivity index (χ2n) is 7.05. The lowest BCUT2D eigenvalue weighted by Crippen LogP contribution is -2.59. The SMILES string of the molecule is COc1ccc(C2CC(NC3CN4CCC3CC4)C2)cc1. The Hall–Kier alpha value is -1.06. The Morgan fingerprint density at radius 3 is 2.38 bits per heavy atom. The minimum Gasteiger partial charge on any atom is -0.497 e. The summed E-state index contributed by atoms with van der Waals surface area (Å²) in [6.45, 7) is 3.96. The average molecular weight is 286 g/mol. The molecule has 0 radical (unpaired) electrons. The third-order valence-corrected chi connectivity index (χ3v) is 5.83. The predicted molar refractivity (Wildman–Crippen MR) is 84.8 cm³/mol. The summed E-state index contributed by atoms with van der Waals surface area (Å²) in [6, 6.07) is 10.1. The van der Waals surface area contributed by atoms with Crippen LogP contribution in [0.4, 0.5) is 0 Å². The number of fused-ring (bicyclic) bond motifs is 3. The Morgan fingerprint density at radius 1 is 1.10 bits per heavy atom. The molecule has 1 saturated carbocycles. The number of nitrogens with one attached hydrogen (secondary N) is 1. The largest absolute Gasteiger partial charge is 0.497 e. The minimum atomic E-state index is 0.739. The van der Waals surface area contributed by atoms with Gasteiger partial charge in [0.25, 0.3) is 0 Å². The van der Waals surface area contributed by atoms with Gasteiger partial charge >= 0.3 is 0 Å². The van der Waals surface area contributed by atoms with E-state index in [0.29, 0.717) is 0 Å². The molecule has 3 nitrogen and oxygen atoms in total. The van der Waals surface area contributed by atoms with Gasteiger partial charge in [-0.1, -0.05) is 12.1 Å². The highest BCUT2D eigenvalue weighted by atomic mass is 16.5. The van der Waals surface area contributed by atoms with E-state index in [-0.39, 0.29) is 0 Å². The van der Waals surface area contributed by atoms with Crippen molar-refractivity contribution in [3.63, 3.8) is 0 Å². The van der Waals surface area contributed by atoms with Crippen molar-refractivity contribution in [2.24, 2.45) is 5.92 Å². The van der Waals surface area contributed by atoms with Crippen LogP contribution in [-0.2, 0) is 0 Å². The molecule has 1 aromatic carbocycles. The number of hydrogen-bond acceptors (Lipinski definition) is 3. The zero-order valence-corrected chi connectivity index (χ0v) is 12.9. The van der Waals surface area contributed by atoms with Crippen LogP contribution in [0.2, 0.25) is 0 Å². The first-order valence-corrected chi connectivity index (χ1v) is 8.44. The molecular formula is C18H26N2O. The van der Waals surface area contributed by atoms with Crippen molar-refractivity contribution in [2.45, 2.75) is 43.7 Å². The van der Waals surface area contributed by atoms with Crippen molar-refractivity contribution >= 4 is 0 Å². The number of rotatable bonds is 4. The number of nitrogens with zero attached hydrogens (tertiary/aromatic N) is 1. The fraction of sp³-hybridized carbons (Fsp3) is 0.667. The molecule has 4 fully saturated rings. The molecular weight excluding hydrogens is 260 g/mol. The van der Waals surface area contributed by atoms with Gasteiger partial charge < -0.3 is 15.0 Å². The van der Waals surface area contributed by atoms with Gasteiger partial charge in [0.1, 0.15) is 5.75 Å². The van der Waals surface area contributed by atoms with Crippen LogP contribution in [-0.4, -0.2) is 43.7 Å². The molecule has 0 spiro atoms. The van der Waals surface area contributed by atoms with E-state index in [2.05, 4.69) is 34.5 Å². The summed E-state index contributed by atoms with van der Waals surface area (Å²) in [5.74, 6) is 2.64. The summed E-state index contributed by atoms with van der Waals surface area (Å²) in [7, 11) is 1.73. The van der Waals surface area contributed by atoms with Crippen LogP contribution >= 0.6 is 0 Å². The minimum absolute atomic E-state index is 0.739. The Kier molecular flexibility index (Phi) is 3.64. The van der Waals surface area contributed by atoms with Crippen LogP contribution in [0.3, 0.4) is 0 Å². The summed E-state index contributed by atoms with van der Waals surface area (Å²) < 4.78 is 5.23. The summed E-state index contributed by atoms with van der Waals surface area (Å²) in [6.07, 6.45) is 5.42. The first kappa shape index (κ1) is 13.6. The van der Waals surface area contributed by atoms with Crippen LogP contribution < -0.4 is 10.1 Å². The Bertz CT molecular complexity index is 472. The average Bonchev–Trinajstić information content (AvgIpc) is 2.52. The second kappa shape index (κ2) is 5.62. The van der Waals surface area contributed by atoms with Crippen molar-refractivity contribution < 1.29 is 4.74 Å². The van der Waals surface area contributed by atoms with Crippen molar-refractivity contribution in [1.82, 2.24) is 10.2 Å². The highest BCUT2D eigenvalue weighted by molar-refractivity contribution is 5.31. The topological polar surface area (TPSA) is 24.5 Å². The maximum absolute atomic E-state index is 5.23. The van der Waals surface area contributed by atoms with Gasteiger partial charge in [-0.05, 0) is 68.3 Å². The highest BCUT2D eigenvalue weighted by Crippen LogP contribution is 2.39. The standard InChI is InChI=1S/C18H26N2O/c1-21-17-4-2-13(3-5-17)15-10-16(11-15)19-18-12-20-8-6-14(18)7-9-20/h2-5,14-16,18-19H,6-12H2,1H3. The summed E-state index contributed by atoms with van der Waals surface area (Å²) in [5, 5.41) is 3.94. The van der Waals surface area contributed by atoms with E-state index >= 15 is 0 Å². The fourth-order valence-corrected chi connectivity index (χ4v) is 4.36. The lowest BCUT2D eigenvalue weighted by Gasteiger charge is -2.48. The fourth-order valence-electron chi connectivity index (χ4n) is 4.36. The molecule has 1 aliphatic carbocycles. The number of methoxy groups -OCH3 is 1. The molecule has 0 amide bonds. The van der Waals surface area contributed by atoms with Gasteiger partial charge in [-0.25, -0.2) is 0 Å². The zero-order chi connectivity index (χ0) is 14.2. The summed E-state index contributed by atoms with van der Waals surface area (Å²) in [4.78, 5) is 2.64. The van der Waals surface area contributed by atoms with Crippen LogP contribution in [0, 0.1) is 5.92 Å².